The van der Waals surface area contributed by atoms with Gasteiger partial charge in [-0.25, -0.2) is 0 Å². The topological polar surface area (TPSA) is 96.0 Å². The fourth-order valence-electron chi connectivity index (χ4n) is 2.72. The summed E-state index contributed by atoms with van der Waals surface area (Å²) in [5.74, 6) is 0.425. The van der Waals surface area contributed by atoms with Crippen LogP contribution < -0.4 is 9.54 Å². The van der Waals surface area contributed by atoms with Crippen molar-refractivity contribution < 1.29 is 19.2 Å². The molecule has 0 unspecified atom stereocenters. The van der Waals surface area contributed by atoms with Crippen molar-refractivity contribution in [2.75, 3.05) is 20.8 Å². The van der Waals surface area contributed by atoms with E-state index in [4.69, 9.17) is 9.47 Å². The Morgan fingerprint density at radius 1 is 1.21 bits per heavy atom. The van der Waals surface area contributed by atoms with Gasteiger partial charge < -0.3 is 14.0 Å². The van der Waals surface area contributed by atoms with E-state index in [0.29, 0.717) is 23.5 Å². The third-order valence-electron chi connectivity index (χ3n) is 4.13. The second kappa shape index (κ2) is 8.77. The van der Waals surface area contributed by atoms with E-state index in [2.05, 4.69) is 4.99 Å². The van der Waals surface area contributed by atoms with E-state index in [1.54, 1.807) is 37.0 Å². The highest BCUT2D eigenvalue weighted by Crippen LogP contribution is 2.23. The van der Waals surface area contributed by atoms with Gasteiger partial charge in [0.15, 0.2) is 4.80 Å². The number of hydrogen-bond donors (Lipinski definition) is 0. The molecule has 28 heavy (non-hydrogen) atoms. The fraction of sp³-hybridized carbons (Fsp3) is 0.263. The summed E-state index contributed by atoms with van der Waals surface area (Å²) in [5, 5.41) is 11.1. The van der Waals surface area contributed by atoms with E-state index in [-0.39, 0.29) is 18.0 Å². The SMILES string of the molecule is COCCn1c(=NC(=O)Cc2ccc(OC)cc2)sc2ccc([N+](=O)[O-])cc21. The molecule has 1 heterocycles. The Balaban J connectivity index is 1.96. The van der Waals surface area contributed by atoms with Crippen molar-refractivity contribution in [1.29, 1.82) is 0 Å². The smallest absolute Gasteiger partial charge is 0.271 e. The summed E-state index contributed by atoms with van der Waals surface area (Å²) in [5.41, 5.74) is 1.48. The van der Waals surface area contributed by atoms with Gasteiger partial charge in [-0.1, -0.05) is 23.5 Å². The van der Waals surface area contributed by atoms with Gasteiger partial charge in [0.25, 0.3) is 11.6 Å². The maximum Gasteiger partial charge on any atom is 0.271 e. The van der Waals surface area contributed by atoms with Gasteiger partial charge in [-0.2, -0.15) is 4.99 Å². The zero-order valence-electron chi connectivity index (χ0n) is 15.5. The normalized spacial score (nSPS) is 11.7. The lowest BCUT2D eigenvalue weighted by Gasteiger charge is -2.04. The van der Waals surface area contributed by atoms with Crippen molar-refractivity contribution in [3.05, 3.63) is 62.9 Å². The number of thiazole rings is 1. The number of amides is 1. The van der Waals surface area contributed by atoms with Crippen LogP contribution in [-0.2, 0) is 22.5 Å². The van der Waals surface area contributed by atoms with E-state index in [9.17, 15) is 14.9 Å². The van der Waals surface area contributed by atoms with Gasteiger partial charge >= 0.3 is 0 Å². The molecule has 0 radical (unpaired) electrons. The summed E-state index contributed by atoms with van der Waals surface area (Å²) >= 11 is 1.32. The number of non-ortho nitro benzene ring substituents is 1. The highest BCUT2D eigenvalue weighted by atomic mass is 32.1. The van der Waals surface area contributed by atoms with Crippen LogP contribution in [0.25, 0.3) is 10.2 Å². The maximum absolute atomic E-state index is 12.5. The van der Waals surface area contributed by atoms with Gasteiger partial charge in [-0.3, -0.25) is 14.9 Å². The number of nitrogens with zero attached hydrogens (tertiary/aromatic N) is 3. The summed E-state index contributed by atoms with van der Waals surface area (Å²) in [7, 11) is 3.16. The molecule has 1 amide bonds. The number of methoxy groups -OCH3 is 2. The Hall–Kier alpha value is -3.04. The molecule has 8 nitrogen and oxygen atoms in total. The lowest BCUT2D eigenvalue weighted by atomic mass is 10.1. The average Bonchev–Trinajstić information content (AvgIpc) is 3.02. The number of nitro benzene ring substituents is 1. The van der Waals surface area contributed by atoms with Gasteiger partial charge in [0.2, 0.25) is 0 Å². The first-order valence-electron chi connectivity index (χ1n) is 8.49. The van der Waals surface area contributed by atoms with Crippen LogP contribution in [0.2, 0.25) is 0 Å². The Morgan fingerprint density at radius 2 is 1.96 bits per heavy atom. The highest BCUT2D eigenvalue weighted by Gasteiger charge is 2.13. The summed E-state index contributed by atoms with van der Waals surface area (Å²) in [6.07, 6.45) is 0.155. The Morgan fingerprint density at radius 3 is 2.61 bits per heavy atom. The second-order valence-electron chi connectivity index (χ2n) is 5.97. The van der Waals surface area contributed by atoms with Crippen LogP contribution in [-0.4, -0.2) is 36.2 Å². The number of ether oxygens (including phenoxy) is 2. The first-order valence-corrected chi connectivity index (χ1v) is 9.30. The molecule has 0 bridgehead atoms. The number of nitro groups is 1. The van der Waals surface area contributed by atoms with Crippen molar-refractivity contribution in [2.24, 2.45) is 4.99 Å². The molecule has 0 saturated carbocycles. The monoisotopic (exact) mass is 401 g/mol. The van der Waals surface area contributed by atoms with Crippen LogP contribution in [0.1, 0.15) is 5.56 Å². The molecule has 0 aliphatic rings. The first kappa shape index (κ1) is 19.7. The molecule has 0 spiro atoms. The molecule has 2 aromatic carbocycles. The predicted molar refractivity (Wildman–Crippen MR) is 106 cm³/mol. The molecule has 0 fully saturated rings. The van der Waals surface area contributed by atoms with E-state index < -0.39 is 4.92 Å². The predicted octanol–water partition coefficient (Wildman–Crippen LogP) is 2.94. The number of benzene rings is 2. The molecule has 0 atom stereocenters. The van der Waals surface area contributed by atoms with Gasteiger partial charge in [0, 0.05) is 25.8 Å². The molecule has 3 rings (SSSR count). The van der Waals surface area contributed by atoms with E-state index in [1.807, 2.05) is 12.1 Å². The van der Waals surface area contributed by atoms with E-state index >= 15 is 0 Å². The fourth-order valence-corrected chi connectivity index (χ4v) is 3.77. The van der Waals surface area contributed by atoms with Gasteiger partial charge in [0.1, 0.15) is 5.75 Å². The van der Waals surface area contributed by atoms with Crippen LogP contribution in [0.15, 0.2) is 47.5 Å². The van der Waals surface area contributed by atoms with Gasteiger partial charge in [-0.15, -0.1) is 0 Å². The molecule has 0 aliphatic heterocycles. The van der Waals surface area contributed by atoms with Crippen molar-refractivity contribution in [3.8, 4) is 5.75 Å². The van der Waals surface area contributed by atoms with Crippen molar-refractivity contribution in [2.45, 2.75) is 13.0 Å². The van der Waals surface area contributed by atoms with Gasteiger partial charge in [-0.05, 0) is 23.8 Å². The second-order valence-corrected chi connectivity index (χ2v) is 6.98. The Bertz CT molecular complexity index is 1070. The van der Waals surface area contributed by atoms with Crippen molar-refractivity contribution >= 4 is 33.1 Å². The lowest BCUT2D eigenvalue weighted by Crippen LogP contribution is -2.19. The summed E-state index contributed by atoms with van der Waals surface area (Å²) in [4.78, 5) is 27.9. The van der Waals surface area contributed by atoms with E-state index in [0.717, 1.165) is 16.0 Å². The number of aromatic nitrogens is 1. The highest BCUT2D eigenvalue weighted by molar-refractivity contribution is 7.16. The third kappa shape index (κ3) is 4.44. The third-order valence-corrected chi connectivity index (χ3v) is 5.19. The molecule has 9 heteroatoms. The van der Waals surface area contributed by atoms with Crippen LogP contribution in [0.4, 0.5) is 5.69 Å². The van der Waals surface area contributed by atoms with Crippen LogP contribution >= 0.6 is 11.3 Å². The number of carbonyl (C=O) groups is 1. The number of hydrogen-bond acceptors (Lipinski definition) is 6. The summed E-state index contributed by atoms with van der Waals surface area (Å²) in [6, 6.07) is 11.8. The van der Waals surface area contributed by atoms with Gasteiger partial charge in [0.05, 0.1) is 35.3 Å². The molecule has 146 valence electrons. The largest absolute Gasteiger partial charge is 0.497 e. The minimum absolute atomic E-state index is 0.00687. The quantitative estimate of drug-likeness (QED) is 0.448. The number of fused-ring (bicyclic) bond motifs is 1. The number of carbonyl (C=O) groups excluding carboxylic acids is 1. The van der Waals surface area contributed by atoms with Crippen LogP contribution in [0.5, 0.6) is 5.75 Å². The summed E-state index contributed by atoms with van der Waals surface area (Å²) < 4.78 is 12.8. The molecule has 1 aromatic heterocycles. The van der Waals surface area contributed by atoms with Crippen LogP contribution in [0.3, 0.4) is 0 Å². The minimum atomic E-state index is -0.441. The molecule has 0 N–H and O–H groups in total. The minimum Gasteiger partial charge on any atom is -0.497 e. The Labute approximate surface area is 164 Å². The molecule has 0 saturated heterocycles. The first-order chi connectivity index (χ1) is 13.5. The zero-order chi connectivity index (χ0) is 20.1. The zero-order valence-corrected chi connectivity index (χ0v) is 16.3. The van der Waals surface area contributed by atoms with Crippen LogP contribution in [0, 0.1) is 10.1 Å². The lowest BCUT2D eigenvalue weighted by molar-refractivity contribution is -0.384. The molecule has 3 aromatic rings. The maximum atomic E-state index is 12.5. The number of rotatable bonds is 7. The molecular formula is C19H19N3O5S. The van der Waals surface area contributed by atoms with Crippen molar-refractivity contribution in [3.63, 3.8) is 0 Å². The molecule has 0 aliphatic carbocycles. The standard InChI is InChI=1S/C19H19N3O5S/c1-26-10-9-21-16-12-14(22(24)25)5-8-17(16)28-19(21)20-18(23)11-13-3-6-15(27-2)7-4-13/h3-8,12H,9-11H2,1-2H3. The average molecular weight is 401 g/mol. The molecular weight excluding hydrogens is 382 g/mol. The van der Waals surface area contributed by atoms with Crippen molar-refractivity contribution in [1.82, 2.24) is 4.57 Å². The van der Waals surface area contributed by atoms with E-state index in [1.165, 1.54) is 23.5 Å². The Kier molecular flexibility index (Phi) is 6.17. The summed E-state index contributed by atoms with van der Waals surface area (Å²) in [6.45, 7) is 0.834.